The number of amides is 1. The fourth-order valence-electron chi connectivity index (χ4n) is 3.92. The van der Waals surface area contributed by atoms with Crippen LogP contribution < -0.4 is 15.4 Å². The lowest BCUT2D eigenvalue weighted by Gasteiger charge is -2.32. The third-order valence-electron chi connectivity index (χ3n) is 5.72. The zero-order chi connectivity index (χ0) is 20.1. The molecular formula is C23H33Cl3N4O2. The number of nitrogens with zero attached hydrogens (tertiary/aromatic N) is 2. The molecule has 2 heterocycles. The smallest absolute Gasteiger partial charge is 0.256 e. The SMILES string of the molecule is CN1CCN(CCOc2ccc(NC(=O)c3cccc4c3CCCN4)cc2)CC1.Cl.Cl.Cl. The Morgan fingerprint density at radius 1 is 1.03 bits per heavy atom. The molecule has 6 nitrogen and oxygen atoms in total. The van der Waals surface area contributed by atoms with Crippen LogP contribution in [0, 0.1) is 0 Å². The highest BCUT2D eigenvalue weighted by molar-refractivity contribution is 6.06. The summed E-state index contributed by atoms with van der Waals surface area (Å²) < 4.78 is 5.88. The standard InChI is InChI=1S/C23H30N4O2.3ClH/c1-26-12-14-27(15-13-26)16-17-29-19-9-7-18(8-10-19)25-23(28)21-4-2-6-22-20(21)5-3-11-24-22;;;/h2,4,6-10,24H,3,5,11-17H2,1H3,(H,25,28);3*1H. The van der Waals surface area contributed by atoms with Crippen LogP contribution in [0.15, 0.2) is 42.5 Å². The number of likely N-dealkylation sites (N-methyl/N-ethyl adjacent to an activating group) is 1. The molecular weight excluding hydrogens is 471 g/mol. The minimum Gasteiger partial charge on any atom is -0.492 e. The number of rotatable bonds is 6. The minimum absolute atomic E-state index is 0. The van der Waals surface area contributed by atoms with Crippen LogP contribution in [0.3, 0.4) is 0 Å². The number of carbonyl (C=O) groups is 1. The van der Waals surface area contributed by atoms with Crippen molar-refractivity contribution in [3.63, 3.8) is 0 Å². The largest absolute Gasteiger partial charge is 0.492 e. The molecule has 0 aromatic heterocycles. The first kappa shape index (κ1) is 28.3. The maximum Gasteiger partial charge on any atom is 0.256 e. The quantitative estimate of drug-likeness (QED) is 0.619. The van der Waals surface area contributed by atoms with Gasteiger partial charge in [0.15, 0.2) is 0 Å². The van der Waals surface area contributed by atoms with Crippen LogP contribution in [-0.2, 0) is 6.42 Å². The third-order valence-corrected chi connectivity index (χ3v) is 5.72. The summed E-state index contributed by atoms with van der Waals surface area (Å²) in [6.45, 7) is 7.03. The lowest BCUT2D eigenvalue weighted by molar-refractivity contribution is 0.102. The molecule has 1 fully saturated rings. The first-order chi connectivity index (χ1) is 14.2. The van der Waals surface area contributed by atoms with Gasteiger partial charge in [0.2, 0.25) is 0 Å². The number of fused-ring (bicyclic) bond motifs is 1. The predicted octanol–water partition coefficient (Wildman–Crippen LogP) is 4.19. The van der Waals surface area contributed by atoms with E-state index < -0.39 is 0 Å². The molecule has 9 heteroatoms. The minimum atomic E-state index is -0.0608. The van der Waals surface area contributed by atoms with E-state index in [0.29, 0.717) is 6.61 Å². The number of benzene rings is 2. The first-order valence-corrected chi connectivity index (χ1v) is 10.5. The summed E-state index contributed by atoms with van der Waals surface area (Å²) in [5.41, 5.74) is 3.72. The molecule has 1 amide bonds. The molecule has 4 rings (SSSR count). The molecule has 0 radical (unpaired) electrons. The van der Waals surface area contributed by atoms with Crippen molar-refractivity contribution in [3.05, 3.63) is 53.6 Å². The molecule has 0 bridgehead atoms. The maximum atomic E-state index is 12.8. The highest BCUT2D eigenvalue weighted by Gasteiger charge is 2.17. The van der Waals surface area contributed by atoms with Crippen molar-refractivity contribution >= 4 is 54.5 Å². The van der Waals surface area contributed by atoms with Gasteiger partial charge in [0.1, 0.15) is 12.4 Å². The summed E-state index contributed by atoms with van der Waals surface area (Å²) in [6, 6.07) is 13.5. The van der Waals surface area contributed by atoms with E-state index in [2.05, 4.69) is 27.5 Å². The first-order valence-electron chi connectivity index (χ1n) is 10.5. The van der Waals surface area contributed by atoms with E-state index in [-0.39, 0.29) is 43.1 Å². The summed E-state index contributed by atoms with van der Waals surface area (Å²) in [5, 5.41) is 6.38. The molecule has 2 aromatic carbocycles. The monoisotopic (exact) mass is 502 g/mol. The van der Waals surface area contributed by atoms with Crippen molar-refractivity contribution in [1.82, 2.24) is 9.80 Å². The van der Waals surface area contributed by atoms with Gasteiger partial charge in [-0.1, -0.05) is 6.07 Å². The zero-order valence-electron chi connectivity index (χ0n) is 18.3. The molecule has 2 aliphatic rings. The third kappa shape index (κ3) is 7.42. The summed E-state index contributed by atoms with van der Waals surface area (Å²) in [6.07, 6.45) is 1.99. The molecule has 32 heavy (non-hydrogen) atoms. The van der Waals surface area contributed by atoms with Crippen LogP contribution in [0.2, 0.25) is 0 Å². The summed E-state index contributed by atoms with van der Waals surface area (Å²) >= 11 is 0. The second-order valence-electron chi connectivity index (χ2n) is 7.83. The van der Waals surface area contributed by atoms with E-state index in [1.807, 2.05) is 42.5 Å². The van der Waals surface area contributed by atoms with Crippen molar-refractivity contribution in [2.75, 3.05) is 63.6 Å². The maximum absolute atomic E-state index is 12.8. The van der Waals surface area contributed by atoms with Gasteiger partial charge in [0.25, 0.3) is 5.91 Å². The van der Waals surface area contributed by atoms with Crippen LogP contribution in [0.25, 0.3) is 0 Å². The number of carbonyl (C=O) groups excluding carboxylic acids is 1. The van der Waals surface area contributed by atoms with Crippen LogP contribution in [0.4, 0.5) is 11.4 Å². The Balaban J connectivity index is 0.00000171. The van der Waals surface area contributed by atoms with E-state index in [4.69, 9.17) is 4.74 Å². The van der Waals surface area contributed by atoms with Gasteiger partial charge in [0.05, 0.1) is 0 Å². The van der Waals surface area contributed by atoms with Gasteiger partial charge in [-0.05, 0) is 61.9 Å². The normalized spacial score (nSPS) is 15.7. The predicted molar refractivity (Wildman–Crippen MR) is 139 cm³/mol. The van der Waals surface area contributed by atoms with Gasteiger partial charge in [-0.15, -0.1) is 37.2 Å². The van der Waals surface area contributed by atoms with Crippen molar-refractivity contribution in [2.24, 2.45) is 0 Å². The molecule has 2 aromatic rings. The van der Waals surface area contributed by atoms with Gasteiger partial charge < -0.3 is 20.3 Å². The van der Waals surface area contributed by atoms with Gasteiger partial charge >= 0.3 is 0 Å². The van der Waals surface area contributed by atoms with Gasteiger partial charge in [-0.3, -0.25) is 9.69 Å². The Morgan fingerprint density at radius 3 is 2.47 bits per heavy atom. The van der Waals surface area contributed by atoms with Crippen LogP contribution >= 0.6 is 37.2 Å². The molecule has 2 N–H and O–H groups in total. The van der Waals surface area contributed by atoms with E-state index in [1.54, 1.807) is 0 Å². The van der Waals surface area contributed by atoms with Gasteiger partial charge in [-0.2, -0.15) is 0 Å². The van der Waals surface area contributed by atoms with E-state index >= 15 is 0 Å². The Morgan fingerprint density at radius 2 is 1.75 bits per heavy atom. The number of ether oxygens (including phenoxy) is 1. The number of nitrogens with one attached hydrogen (secondary N) is 2. The molecule has 0 aliphatic carbocycles. The Kier molecular flexibility index (Phi) is 12.2. The molecule has 1 saturated heterocycles. The van der Waals surface area contributed by atoms with Crippen molar-refractivity contribution in [1.29, 1.82) is 0 Å². The molecule has 0 unspecified atom stereocenters. The number of hydrogen-bond acceptors (Lipinski definition) is 5. The summed E-state index contributed by atoms with van der Waals surface area (Å²) in [7, 11) is 2.16. The Hall–Kier alpha value is -1.70. The topological polar surface area (TPSA) is 56.8 Å². The molecule has 2 aliphatic heterocycles. The Bertz CT molecular complexity index is 844. The number of halogens is 3. The van der Waals surface area contributed by atoms with Gasteiger partial charge in [-0.25, -0.2) is 0 Å². The average Bonchev–Trinajstić information content (AvgIpc) is 2.76. The van der Waals surface area contributed by atoms with Crippen LogP contribution in [-0.4, -0.2) is 68.6 Å². The molecule has 0 atom stereocenters. The number of hydrogen-bond donors (Lipinski definition) is 2. The fourth-order valence-corrected chi connectivity index (χ4v) is 3.92. The highest BCUT2D eigenvalue weighted by Crippen LogP contribution is 2.26. The summed E-state index contributed by atoms with van der Waals surface area (Å²) in [5.74, 6) is 0.771. The van der Waals surface area contributed by atoms with Gasteiger partial charge in [0, 0.05) is 56.2 Å². The van der Waals surface area contributed by atoms with Crippen LogP contribution in [0.1, 0.15) is 22.3 Å². The second kappa shape index (κ2) is 13.8. The van der Waals surface area contributed by atoms with Crippen molar-refractivity contribution < 1.29 is 9.53 Å². The van der Waals surface area contributed by atoms with Crippen molar-refractivity contribution in [3.8, 4) is 5.75 Å². The van der Waals surface area contributed by atoms with E-state index in [9.17, 15) is 4.79 Å². The lowest BCUT2D eigenvalue weighted by Crippen LogP contribution is -2.45. The zero-order valence-corrected chi connectivity index (χ0v) is 20.8. The Labute approximate surface area is 209 Å². The second-order valence-corrected chi connectivity index (χ2v) is 7.83. The highest BCUT2D eigenvalue weighted by atomic mass is 35.5. The van der Waals surface area contributed by atoms with Crippen LogP contribution in [0.5, 0.6) is 5.75 Å². The lowest BCUT2D eigenvalue weighted by atomic mass is 9.97. The number of anilines is 2. The molecule has 0 spiro atoms. The molecule has 0 saturated carbocycles. The summed E-state index contributed by atoms with van der Waals surface area (Å²) in [4.78, 5) is 17.5. The van der Waals surface area contributed by atoms with E-state index in [1.165, 1.54) is 0 Å². The van der Waals surface area contributed by atoms with E-state index in [0.717, 1.165) is 80.4 Å². The average molecular weight is 504 g/mol. The fraction of sp³-hybridized carbons (Fsp3) is 0.435. The number of piperazine rings is 1. The van der Waals surface area contributed by atoms with Crippen molar-refractivity contribution in [2.45, 2.75) is 12.8 Å². The molecule has 178 valence electrons.